The molecule has 2 rings (SSSR count). The monoisotopic (exact) mass is 326 g/mol. The molecule has 24 heavy (non-hydrogen) atoms. The number of hydrogen-bond donors (Lipinski definition) is 0. The molecule has 4 nitrogen and oxygen atoms in total. The van der Waals surface area contributed by atoms with Crippen LogP contribution in [0.1, 0.15) is 48.4 Å². The van der Waals surface area contributed by atoms with E-state index in [1.54, 1.807) is 24.3 Å². The molecular formula is C20H22O4. The van der Waals surface area contributed by atoms with Gasteiger partial charge in [-0.1, -0.05) is 12.1 Å². The van der Waals surface area contributed by atoms with E-state index in [9.17, 15) is 9.59 Å². The van der Waals surface area contributed by atoms with Crippen LogP contribution in [0.3, 0.4) is 0 Å². The predicted octanol–water partition coefficient (Wildman–Crippen LogP) is 4.52. The molecule has 0 aromatic heterocycles. The largest absolute Gasteiger partial charge is 0.494 e. The van der Waals surface area contributed by atoms with Gasteiger partial charge in [-0.15, -0.1) is 0 Å². The van der Waals surface area contributed by atoms with E-state index in [2.05, 4.69) is 0 Å². The van der Waals surface area contributed by atoms with Crippen molar-refractivity contribution < 1.29 is 19.1 Å². The Morgan fingerprint density at radius 1 is 1.04 bits per heavy atom. The fourth-order valence-corrected chi connectivity index (χ4v) is 2.24. The van der Waals surface area contributed by atoms with Gasteiger partial charge in [-0.2, -0.15) is 0 Å². The maximum absolute atomic E-state index is 12.1. The van der Waals surface area contributed by atoms with Crippen LogP contribution in [-0.4, -0.2) is 24.5 Å². The van der Waals surface area contributed by atoms with E-state index >= 15 is 0 Å². The lowest BCUT2D eigenvalue weighted by Crippen LogP contribution is -2.23. The highest BCUT2D eigenvalue weighted by atomic mass is 16.6. The third-order valence-electron chi connectivity index (χ3n) is 3.23. The molecule has 0 atom stereocenters. The van der Waals surface area contributed by atoms with Crippen LogP contribution < -0.4 is 4.74 Å². The van der Waals surface area contributed by atoms with Gasteiger partial charge in [0, 0.05) is 5.56 Å². The highest BCUT2D eigenvalue weighted by Crippen LogP contribution is 2.26. The minimum absolute atomic E-state index is 0.356. The highest BCUT2D eigenvalue weighted by molar-refractivity contribution is 5.90. The molecule has 0 aliphatic carbocycles. The maximum Gasteiger partial charge on any atom is 0.338 e. The van der Waals surface area contributed by atoms with Crippen molar-refractivity contribution in [2.24, 2.45) is 0 Å². The normalized spacial score (nSPS) is 11.0. The molecule has 2 aromatic rings. The Bertz CT molecular complexity index is 724. The zero-order chi connectivity index (χ0) is 17.7. The second kappa shape index (κ2) is 7.30. The molecule has 0 heterocycles. The van der Waals surface area contributed by atoms with Crippen molar-refractivity contribution in [1.82, 2.24) is 0 Å². The lowest BCUT2D eigenvalue weighted by molar-refractivity contribution is 0.00695. The minimum atomic E-state index is -0.527. The topological polar surface area (TPSA) is 52.6 Å². The molecule has 0 saturated carbocycles. The first-order valence-corrected chi connectivity index (χ1v) is 7.89. The summed E-state index contributed by atoms with van der Waals surface area (Å²) in [6, 6.07) is 12.5. The number of carbonyl (C=O) groups excluding carboxylic acids is 2. The fraction of sp³-hybridized carbons (Fsp3) is 0.300. The molecule has 0 amide bonds. The van der Waals surface area contributed by atoms with Crippen LogP contribution in [0.25, 0.3) is 11.1 Å². The van der Waals surface area contributed by atoms with Crippen LogP contribution in [0.15, 0.2) is 42.5 Å². The van der Waals surface area contributed by atoms with Gasteiger partial charge in [0.1, 0.15) is 17.6 Å². The van der Waals surface area contributed by atoms with E-state index in [1.807, 2.05) is 45.9 Å². The smallest absolute Gasteiger partial charge is 0.338 e. The average molecular weight is 326 g/mol. The lowest BCUT2D eigenvalue weighted by atomic mass is 10.0. The summed E-state index contributed by atoms with van der Waals surface area (Å²) < 4.78 is 10.8. The summed E-state index contributed by atoms with van der Waals surface area (Å²) in [5.41, 5.74) is 2.27. The Kier molecular flexibility index (Phi) is 5.39. The summed E-state index contributed by atoms with van der Waals surface area (Å²) >= 11 is 0. The minimum Gasteiger partial charge on any atom is -0.494 e. The van der Waals surface area contributed by atoms with E-state index in [0.717, 1.165) is 17.4 Å². The second-order valence-electron chi connectivity index (χ2n) is 6.42. The summed E-state index contributed by atoms with van der Waals surface area (Å²) in [7, 11) is 0. The number of esters is 1. The van der Waals surface area contributed by atoms with Crippen LogP contribution in [-0.2, 0) is 4.74 Å². The first-order valence-electron chi connectivity index (χ1n) is 7.89. The van der Waals surface area contributed by atoms with E-state index in [1.165, 1.54) is 0 Å². The quantitative estimate of drug-likeness (QED) is 0.599. The van der Waals surface area contributed by atoms with Crippen LogP contribution >= 0.6 is 0 Å². The number of hydrogen-bond acceptors (Lipinski definition) is 4. The number of aldehydes is 1. The van der Waals surface area contributed by atoms with E-state index in [-0.39, 0.29) is 5.97 Å². The van der Waals surface area contributed by atoms with Crippen molar-refractivity contribution in [1.29, 1.82) is 0 Å². The second-order valence-corrected chi connectivity index (χ2v) is 6.42. The van der Waals surface area contributed by atoms with Crippen LogP contribution in [0, 0.1) is 0 Å². The molecule has 0 fully saturated rings. The SMILES string of the molecule is CCOc1cc(C=O)cc(-c2ccc(C(=O)OC(C)(C)C)cc2)c1. The van der Waals surface area contributed by atoms with Crippen molar-refractivity contribution in [2.75, 3.05) is 6.61 Å². The lowest BCUT2D eigenvalue weighted by Gasteiger charge is -2.19. The van der Waals surface area contributed by atoms with Gasteiger partial charge >= 0.3 is 5.97 Å². The molecule has 0 saturated heterocycles. The molecule has 126 valence electrons. The number of carbonyl (C=O) groups is 2. The van der Waals surface area contributed by atoms with Crippen molar-refractivity contribution in [3.8, 4) is 16.9 Å². The molecule has 0 N–H and O–H groups in total. The Morgan fingerprint density at radius 3 is 2.25 bits per heavy atom. The molecule has 4 heteroatoms. The summed E-state index contributed by atoms with van der Waals surface area (Å²) in [4.78, 5) is 23.2. The molecule has 0 radical (unpaired) electrons. The average Bonchev–Trinajstić information content (AvgIpc) is 2.53. The van der Waals surface area contributed by atoms with E-state index < -0.39 is 5.60 Å². The Balaban J connectivity index is 2.29. The van der Waals surface area contributed by atoms with E-state index in [4.69, 9.17) is 9.47 Å². The van der Waals surface area contributed by atoms with Gasteiger partial charge in [-0.3, -0.25) is 4.79 Å². The maximum atomic E-state index is 12.1. The number of benzene rings is 2. The van der Waals surface area contributed by atoms with Gasteiger partial charge < -0.3 is 9.47 Å². The van der Waals surface area contributed by atoms with Gasteiger partial charge in [0.05, 0.1) is 12.2 Å². The molecule has 0 unspecified atom stereocenters. The Labute approximate surface area is 142 Å². The summed E-state index contributed by atoms with van der Waals surface area (Å²) in [5, 5.41) is 0. The van der Waals surface area contributed by atoms with Crippen molar-refractivity contribution in [3.63, 3.8) is 0 Å². The van der Waals surface area contributed by atoms with Gasteiger partial charge in [0.2, 0.25) is 0 Å². The van der Waals surface area contributed by atoms with Gasteiger partial charge in [-0.05, 0) is 69.2 Å². The number of ether oxygens (including phenoxy) is 2. The standard InChI is InChI=1S/C20H22O4/c1-5-23-18-11-14(13-21)10-17(12-18)15-6-8-16(9-7-15)19(22)24-20(2,3)4/h6-13H,5H2,1-4H3. The third kappa shape index (κ3) is 4.69. The first kappa shape index (κ1) is 17.7. The fourth-order valence-electron chi connectivity index (χ4n) is 2.24. The van der Waals surface area contributed by atoms with Crippen LogP contribution in [0.4, 0.5) is 0 Å². The van der Waals surface area contributed by atoms with Crippen molar-refractivity contribution >= 4 is 12.3 Å². The first-order chi connectivity index (χ1) is 11.3. The summed E-state index contributed by atoms with van der Waals surface area (Å²) in [6.45, 7) is 7.92. The van der Waals surface area contributed by atoms with Crippen LogP contribution in [0.2, 0.25) is 0 Å². The van der Waals surface area contributed by atoms with Gasteiger partial charge in [0.15, 0.2) is 0 Å². The Hall–Kier alpha value is -2.62. The molecule has 2 aromatic carbocycles. The zero-order valence-corrected chi connectivity index (χ0v) is 14.5. The summed E-state index contributed by atoms with van der Waals surface area (Å²) in [5.74, 6) is 0.291. The van der Waals surface area contributed by atoms with Gasteiger partial charge in [-0.25, -0.2) is 4.79 Å². The molecular weight excluding hydrogens is 304 g/mol. The van der Waals surface area contributed by atoms with E-state index in [0.29, 0.717) is 23.5 Å². The third-order valence-corrected chi connectivity index (χ3v) is 3.23. The van der Waals surface area contributed by atoms with Crippen LogP contribution in [0.5, 0.6) is 5.75 Å². The predicted molar refractivity (Wildman–Crippen MR) is 93.6 cm³/mol. The van der Waals surface area contributed by atoms with Crippen molar-refractivity contribution in [3.05, 3.63) is 53.6 Å². The molecule has 0 aliphatic rings. The molecule has 0 spiro atoms. The molecule has 0 bridgehead atoms. The zero-order valence-electron chi connectivity index (χ0n) is 14.5. The van der Waals surface area contributed by atoms with Gasteiger partial charge in [0.25, 0.3) is 0 Å². The summed E-state index contributed by atoms with van der Waals surface area (Å²) in [6.07, 6.45) is 0.793. The highest BCUT2D eigenvalue weighted by Gasteiger charge is 2.17. The molecule has 0 aliphatic heterocycles. The number of rotatable bonds is 5. The Morgan fingerprint density at radius 2 is 1.71 bits per heavy atom. The van der Waals surface area contributed by atoms with Crippen molar-refractivity contribution in [2.45, 2.75) is 33.3 Å².